The van der Waals surface area contributed by atoms with Gasteiger partial charge in [-0.1, -0.05) is 50.5 Å². The van der Waals surface area contributed by atoms with Gasteiger partial charge in [0.1, 0.15) is 0 Å². The highest BCUT2D eigenvalue weighted by atomic mass is 16.4. The Morgan fingerprint density at radius 2 is 2.00 bits per heavy atom. The summed E-state index contributed by atoms with van der Waals surface area (Å²) < 4.78 is 0. The Morgan fingerprint density at radius 1 is 1.24 bits per heavy atom. The third kappa shape index (κ3) is 3.63. The van der Waals surface area contributed by atoms with E-state index in [1.807, 2.05) is 24.3 Å². The molecule has 2 rings (SSSR count). The lowest BCUT2D eigenvalue weighted by molar-refractivity contribution is -0.151. The number of rotatable bonds is 6. The Hall–Kier alpha value is -1.84. The van der Waals surface area contributed by atoms with Crippen molar-refractivity contribution in [2.45, 2.75) is 51.5 Å². The molecule has 0 fully saturated rings. The van der Waals surface area contributed by atoms with Crippen molar-refractivity contribution in [1.29, 1.82) is 0 Å². The molecule has 0 saturated heterocycles. The fourth-order valence-corrected chi connectivity index (χ4v) is 2.95. The predicted octanol–water partition coefficient (Wildman–Crippen LogP) is 3.17. The van der Waals surface area contributed by atoms with E-state index in [1.54, 1.807) is 0 Å². The van der Waals surface area contributed by atoms with Gasteiger partial charge in [0.15, 0.2) is 6.04 Å². The lowest BCUT2D eigenvalue weighted by Crippen LogP contribution is -2.43. The minimum absolute atomic E-state index is 0.0343. The number of hydrogen-bond acceptors (Lipinski definition) is 2. The molecule has 1 unspecified atom stereocenters. The van der Waals surface area contributed by atoms with E-state index in [2.05, 4.69) is 6.92 Å². The van der Waals surface area contributed by atoms with Crippen molar-refractivity contribution in [3.63, 3.8) is 0 Å². The number of unbranched alkanes of at least 4 members (excludes halogenated alkanes) is 3. The smallest absolute Gasteiger partial charge is 0.331 e. The summed E-state index contributed by atoms with van der Waals surface area (Å²) in [5.41, 5.74) is 1.80. The Kier molecular flexibility index (Phi) is 5.37. The van der Waals surface area contributed by atoms with E-state index < -0.39 is 12.0 Å². The number of fused-ring (bicyclic) bond motifs is 1. The third-order valence-corrected chi connectivity index (χ3v) is 4.08. The van der Waals surface area contributed by atoms with Crippen LogP contribution in [0, 0.1) is 0 Å². The normalized spacial score (nSPS) is 17.4. The highest BCUT2D eigenvalue weighted by molar-refractivity contribution is 5.85. The molecular formula is C17H23NO3. The molecule has 4 heteroatoms. The predicted molar refractivity (Wildman–Crippen MR) is 81.0 cm³/mol. The van der Waals surface area contributed by atoms with Gasteiger partial charge in [-0.15, -0.1) is 0 Å². The first-order valence-corrected chi connectivity index (χ1v) is 7.75. The largest absolute Gasteiger partial charge is 0.479 e. The number of hydrogen-bond donors (Lipinski definition) is 1. The second kappa shape index (κ2) is 7.25. The van der Waals surface area contributed by atoms with Crippen molar-refractivity contribution in [3.05, 3.63) is 35.4 Å². The number of aliphatic carboxylic acids is 1. The Morgan fingerprint density at radius 3 is 2.71 bits per heavy atom. The molecule has 1 N–H and O–H groups in total. The van der Waals surface area contributed by atoms with Crippen molar-refractivity contribution in [2.75, 3.05) is 6.54 Å². The standard InChI is InChI=1S/C17H23NO3/c1-2-3-4-5-10-15(19)18-12-11-13-8-6-7-9-14(13)16(18)17(20)21/h6-9,16H,2-5,10-12H2,1H3,(H,20,21). The van der Waals surface area contributed by atoms with Crippen molar-refractivity contribution in [1.82, 2.24) is 4.90 Å². The molecule has 0 aliphatic carbocycles. The van der Waals surface area contributed by atoms with E-state index >= 15 is 0 Å². The first-order chi connectivity index (χ1) is 10.1. The van der Waals surface area contributed by atoms with Crippen LogP contribution in [0.4, 0.5) is 0 Å². The first-order valence-electron chi connectivity index (χ1n) is 7.75. The van der Waals surface area contributed by atoms with Crippen molar-refractivity contribution in [3.8, 4) is 0 Å². The van der Waals surface area contributed by atoms with Crippen molar-refractivity contribution >= 4 is 11.9 Å². The molecule has 1 aliphatic heterocycles. The summed E-state index contributed by atoms with van der Waals surface area (Å²) >= 11 is 0. The van der Waals surface area contributed by atoms with E-state index in [0.717, 1.165) is 43.2 Å². The van der Waals surface area contributed by atoms with Crippen LogP contribution in [0.2, 0.25) is 0 Å². The van der Waals surface area contributed by atoms with Gasteiger partial charge in [-0.2, -0.15) is 0 Å². The summed E-state index contributed by atoms with van der Waals surface area (Å²) in [6.45, 7) is 2.63. The summed E-state index contributed by atoms with van der Waals surface area (Å²) in [6, 6.07) is 6.71. The number of benzene rings is 1. The second-order valence-corrected chi connectivity index (χ2v) is 5.59. The van der Waals surface area contributed by atoms with Crippen LogP contribution in [-0.2, 0) is 16.0 Å². The van der Waals surface area contributed by atoms with Gasteiger partial charge in [0.05, 0.1) is 0 Å². The highest BCUT2D eigenvalue weighted by Crippen LogP contribution is 2.30. The molecule has 21 heavy (non-hydrogen) atoms. The molecule has 0 bridgehead atoms. The molecule has 1 aromatic rings. The maximum Gasteiger partial charge on any atom is 0.331 e. The SMILES string of the molecule is CCCCCCC(=O)N1CCc2ccccc2C1C(=O)O. The van der Waals surface area contributed by atoms with Gasteiger partial charge in [-0.3, -0.25) is 4.79 Å². The molecule has 1 heterocycles. The average Bonchev–Trinajstić information content (AvgIpc) is 2.50. The van der Waals surface area contributed by atoms with E-state index in [1.165, 1.54) is 4.90 Å². The lowest BCUT2D eigenvalue weighted by atomic mass is 9.92. The maximum absolute atomic E-state index is 12.3. The fraction of sp³-hybridized carbons (Fsp3) is 0.529. The van der Waals surface area contributed by atoms with Gasteiger partial charge in [-0.25, -0.2) is 4.79 Å². The summed E-state index contributed by atoms with van der Waals surface area (Å²) in [7, 11) is 0. The second-order valence-electron chi connectivity index (χ2n) is 5.59. The number of carboxylic acid groups (broad SMARTS) is 1. The van der Waals surface area contributed by atoms with Gasteiger partial charge < -0.3 is 10.0 Å². The van der Waals surface area contributed by atoms with Crippen LogP contribution in [0.25, 0.3) is 0 Å². The summed E-state index contributed by atoms with van der Waals surface area (Å²) in [5.74, 6) is -0.975. The van der Waals surface area contributed by atoms with Crippen molar-refractivity contribution < 1.29 is 14.7 Å². The van der Waals surface area contributed by atoms with Crippen LogP contribution >= 0.6 is 0 Å². The monoisotopic (exact) mass is 289 g/mol. The quantitative estimate of drug-likeness (QED) is 0.818. The third-order valence-electron chi connectivity index (χ3n) is 4.08. The van der Waals surface area contributed by atoms with Crippen LogP contribution in [0.3, 0.4) is 0 Å². The van der Waals surface area contributed by atoms with Gasteiger partial charge in [0.25, 0.3) is 0 Å². The zero-order chi connectivity index (χ0) is 15.2. The molecule has 0 spiro atoms. The minimum atomic E-state index is -0.941. The zero-order valence-electron chi connectivity index (χ0n) is 12.5. The molecule has 0 radical (unpaired) electrons. The highest BCUT2D eigenvalue weighted by Gasteiger charge is 2.35. The maximum atomic E-state index is 12.3. The number of nitrogens with zero attached hydrogens (tertiary/aromatic N) is 1. The molecule has 114 valence electrons. The molecule has 4 nitrogen and oxygen atoms in total. The molecule has 1 aromatic carbocycles. The van der Waals surface area contributed by atoms with Crippen LogP contribution in [0.1, 0.15) is 56.2 Å². The van der Waals surface area contributed by atoms with Gasteiger partial charge in [0.2, 0.25) is 5.91 Å². The van der Waals surface area contributed by atoms with Gasteiger partial charge >= 0.3 is 5.97 Å². The van der Waals surface area contributed by atoms with E-state index in [0.29, 0.717) is 13.0 Å². The molecular weight excluding hydrogens is 266 g/mol. The minimum Gasteiger partial charge on any atom is -0.479 e. The Balaban J connectivity index is 2.09. The number of carbonyl (C=O) groups is 2. The Labute approximate surface area is 125 Å². The molecule has 0 aromatic heterocycles. The first kappa shape index (κ1) is 15.5. The topological polar surface area (TPSA) is 57.6 Å². The van der Waals surface area contributed by atoms with Crippen LogP contribution in [0.5, 0.6) is 0 Å². The molecule has 1 aliphatic rings. The van der Waals surface area contributed by atoms with E-state index in [4.69, 9.17) is 0 Å². The van der Waals surface area contributed by atoms with Gasteiger partial charge in [0, 0.05) is 13.0 Å². The number of carboxylic acids is 1. The van der Waals surface area contributed by atoms with E-state index in [-0.39, 0.29) is 5.91 Å². The lowest BCUT2D eigenvalue weighted by Gasteiger charge is -2.34. The summed E-state index contributed by atoms with van der Waals surface area (Å²) in [6.07, 6.45) is 5.32. The molecule has 1 amide bonds. The number of carbonyl (C=O) groups excluding carboxylic acids is 1. The van der Waals surface area contributed by atoms with Crippen LogP contribution in [-0.4, -0.2) is 28.4 Å². The Bertz CT molecular complexity index is 513. The van der Waals surface area contributed by atoms with E-state index in [9.17, 15) is 14.7 Å². The summed E-state index contributed by atoms with van der Waals surface area (Å²) in [4.78, 5) is 25.5. The zero-order valence-corrected chi connectivity index (χ0v) is 12.5. The summed E-state index contributed by atoms with van der Waals surface area (Å²) in [5, 5.41) is 9.52. The van der Waals surface area contributed by atoms with Crippen LogP contribution < -0.4 is 0 Å². The van der Waals surface area contributed by atoms with Crippen molar-refractivity contribution in [2.24, 2.45) is 0 Å². The molecule has 1 atom stereocenters. The average molecular weight is 289 g/mol. The van der Waals surface area contributed by atoms with Gasteiger partial charge in [-0.05, 0) is 24.0 Å². The fourth-order valence-electron chi connectivity index (χ4n) is 2.95. The molecule has 0 saturated carbocycles. The van der Waals surface area contributed by atoms with Crippen LogP contribution in [0.15, 0.2) is 24.3 Å². The number of amides is 1.